The van der Waals surface area contributed by atoms with Gasteiger partial charge in [0.1, 0.15) is 0 Å². The fourth-order valence-corrected chi connectivity index (χ4v) is 2.91. The molecule has 1 saturated carbocycles. The summed E-state index contributed by atoms with van der Waals surface area (Å²) in [6.45, 7) is 3.35. The Bertz CT molecular complexity index is 453. The number of hydrogen-bond donors (Lipinski definition) is 1. The summed E-state index contributed by atoms with van der Waals surface area (Å²) in [6, 6.07) is 1.76. The van der Waals surface area contributed by atoms with Crippen molar-refractivity contribution in [2.75, 3.05) is 13.2 Å². The zero-order valence-electron chi connectivity index (χ0n) is 11.8. The van der Waals surface area contributed by atoms with E-state index in [1.54, 1.807) is 18.5 Å². The van der Waals surface area contributed by atoms with Crippen molar-refractivity contribution in [2.45, 2.75) is 38.7 Å². The van der Waals surface area contributed by atoms with Gasteiger partial charge in [-0.3, -0.25) is 9.78 Å². The normalized spacial score (nSPS) is 22.5. The van der Waals surface area contributed by atoms with Gasteiger partial charge in [-0.1, -0.05) is 19.8 Å². The van der Waals surface area contributed by atoms with E-state index in [0.29, 0.717) is 30.7 Å². The largest absolute Gasteiger partial charge is 0.376 e. The number of pyridine rings is 1. The Kier molecular flexibility index (Phi) is 5.98. The van der Waals surface area contributed by atoms with E-state index in [4.69, 9.17) is 4.74 Å². The molecule has 0 unspecified atom stereocenters. The molecule has 1 aliphatic carbocycles. The lowest BCUT2D eigenvalue weighted by atomic mass is 9.88. The Hall–Kier alpha value is -0.940. The van der Waals surface area contributed by atoms with E-state index in [2.05, 4.69) is 33.2 Å². The summed E-state index contributed by atoms with van der Waals surface area (Å²) in [5.41, 5.74) is 0.561. The summed E-state index contributed by atoms with van der Waals surface area (Å²) in [7, 11) is 0. The van der Waals surface area contributed by atoms with Crippen LogP contribution >= 0.6 is 15.9 Å². The number of carbonyl (C=O) groups is 1. The number of amides is 1. The molecule has 1 heterocycles. The Morgan fingerprint density at radius 3 is 3.00 bits per heavy atom. The molecule has 5 heteroatoms. The van der Waals surface area contributed by atoms with Crippen molar-refractivity contribution < 1.29 is 9.53 Å². The number of hydrogen-bond acceptors (Lipinski definition) is 3. The second-order valence-electron chi connectivity index (χ2n) is 5.32. The highest BCUT2D eigenvalue weighted by Crippen LogP contribution is 2.25. The van der Waals surface area contributed by atoms with Gasteiger partial charge in [-0.05, 0) is 40.8 Å². The molecule has 1 fully saturated rings. The van der Waals surface area contributed by atoms with Crippen LogP contribution in [0, 0.1) is 5.92 Å². The van der Waals surface area contributed by atoms with Crippen LogP contribution in [0.25, 0.3) is 0 Å². The van der Waals surface area contributed by atoms with E-state index >= 15 is 0 Å². The Morgan fingerprint density at radius 2 is 2.25 bits per heavy atom. The molecule has 2 rings (SSSR count). The second-order valence-corrected chi connectivity index (χ2v) is 6.23. The van der Waals surface area contributed by atoms with Crippen molar-refractivity contribution >= 4 is 21.8 Å². The molecule has 110 valence electrons. The SMILES string of the molecule is C[C@@H]1CCCC[C@H]1OCCNC(=O)c1cncc(Br)c1. The second kappa shape index (κ2) is 7.74. The van der Waals surface area contributed by atoms with Crippen molar-refractivity contribution in [3.63, 3.8) is 0 Å². The summed E-state index contributed by atoms with van der Waals surface area (Å²) < 4.78 is 6.67. The third-order valence-electron chi connectivity index (χ3n) is 3.72. The number of rotatable bonds is 5. The van der Waals surface area contributed by atoms with Gasteiger partial charge in [0.05, 0.1) is 18.3 Å². The predicted molar refractivity (Wildman–Crippen MR) is 81.6 cm³/mol. The fourth-order valence-electron chi connectivity index (χ4n) is 2.54. The minimum Gasteiger partial charge on any atom is -0.376 e. The average molecular weight is 341 g/mol. The summed E-state index contributed by atoms with van der Waals surface area (Å²) in [6.07, 6.45) is 8.53. The maximum Gasteiger partial charge on any atom is 0.252 e. The predicted octanol–water partition coefficient (Wildman–Crippen LogP) is 3.17. The van der Waals surface area contributed by atoms with E-state index in [1.165, 1.54) is 19.3 Å². The Balaban J connectivity index is 1.69. The smallest absolute Gasteiger partial charge is 0.252 e. The molecule has 2 atom stereocenters. The Labute approximate surface area is 128 Å². The van der Waals surface area contributed by atoms with Gasteiger partial charge in [-0.25, -0.2) is 0 Å². The lowest BCUT2D eigenvalue weighted by Gasteiger charge is -2.28. The van der Waals surface area contributed by atoms with Gasteiger partial charge in [-0.2, -0.15) is 0 Å². The van der Waals surface area contributed by atoms with Crippen LogP contribution < -0.4 is 5.32 Å². The maximum atomic E-state index is 11.9. The minimum absolute atomic E-state index is 0.112. The quantitative estimate of drug-likeness (QED) is 0.837. The standard InChI is InChI=1S/C15H21BrN2O2/c1-11-4-2-3-5-14(11)20-7-6-18-15(19)12-8-13(16)10-17-9-12/h8-11,14H,2-7H2,1H3,(H,18,19)/t11-,14-/m1/s1. The molecular weight excluding hydrogens is 320 g/mol. The van der Waals surface area contributed by atoms with E-state index in [9.17, 15) is 4.79 Å². The molecule has 0 saturated heterocycles. The van der Waals surface area contributed by atoms with Crippen LogP contribution in [0.4, 0.5) is 0 Å². The number of halogens is 1. The average Bonchev–Trinajstić information content (AvgIpc) is 2.45. The lowest BCUT2D eigenvalue weighted by Crippen LogP contribution is -2.31. The summed E-state index contributed by atoms with van der Waals surface area (Å²) in [5.74, 6) is 0.521. The van der Waals surface area contributed by atoms with Crippen molar-refractivity contribution in [3.8, 4) is 0 Å². The summed E-state index contributed by atoms with van der Waals surface area (Å²) in [4.78, 5) is 15.9. The first kappa shape index (κ1) is 15.4. The van der Waals surface area contributed by atoms with Gasteiger partial charge >= 0.3 is 0 Å². The highest BCUT2D eigenvalue weighted by Gasteiger charge is 2.21. The van der Waals surface area contributed by atoms with Gasteiger partial charge in [0, 0.05) is 23.4 Å². The van der Waals surface area contributed by atoms with Gasteiger partial charge in [-0.15, -0.1) is 0 Å². The number of nitrogens with one attached hydrogen (secondary N) is 1. The molecular formula is C15H21BrN2O2. The first-order chi connectivity index (χ1) is 9.66. The maximum absolute atomic E-state index is 11.9. The van der Waals surface area contributed by atoms with Crippen LogP contribution in [0.15, 0.2) is 22.9 Å². The van der Waals surface area contributed by atoms with E-state index in [1.807, 2.05) is 0 Å². The molecule has 1 aromatic rings. The van der Waals surface area contributed by atoms with Crippen LogP contribution in [-0.2, 0) is 4.74 Å². The van der Waals surface area contributed by atoms with Gasteiger partial charge in [0.2, 0.25) is 0 Å². The third kappa shape index (κ3) is 4.56. The molecule has 20 heavy (non-hydrogen) atoms. The fraction of sp³-hybridized carbons (Fsp3) is 0.600. The van der Waals surface area contributed by atoms with Crippen LogP contribution in [0.1, 0.15) is 43.0 Å². The number of ether oxygens (including phenoxy) is 1. The number of nitrogens with zero attached hydrogens (tertiary/aromatic N) is 1. The highest BCUT2D eigenvalue weighted by atomic mass is 79.9. The number of carbonyl (C=O) groups excluding carboxylic acids is 1. The molecule has 1 aromatic heterocycles. The molecule has 0 radical (unpaired) electrons. The van der Waals surface area contributed by atoms with Crippen LogP contribution in [0.2, 0.25) is 0 Å². The van der Waals surface area contributed by atoms with Crippen molar-refractivity contribution in [2.24, 2.45) is 5.92 Å². The van der Waals surface area contributed by atoms with E-state index in [0.717, 1.165) is 10.9 Å². The summed E-state index contributed by atoms with van der Waals surface area (Å²) >= 11 is 3.30. The molecule has 1 aliphatic rings. The molecule has 1 N–H and O–H groups in total. The van der Waals surface area contributed by atoms with Gasteiger partial charge in [0.25, 0.3) is 5.91 Å². The van der Waals surface area contributed by atoms with E-state index < -0.39 is 0 Å². The monoisotopic (exact) mass is 340 g/mol. The zero-order chi connectivity index (χ0) is 14.4. The first-order valence-electron chi connectivity index (χ1n) is 7.17. The van der Waals surface area contributed by atoms with Crippen molar-refractivity contribution in [3.05, 3.63) is 28.5 Å². The van der Waals surface area contributed by atoms with Crippen molar-refractivity contribution in [1.29, 1.82) is 0 Å². The topological polar surface area (TPSA) is 51.2 Å². The Morgan fingerprint density at radius 1 is 1.45 bits per heavy atom. The van der Waals surface area contributed by atoms with Gasteiger partial charge < -0.3 is 10.1 Å². The summed E-state index contributed by atoms with van der Waals surface area (Å²) in [5, 5.41) is 2.86. The molecule has 0 spiro atoms. The van der Waals surface area contributed by atoms with Crippen LogP contribution in [-0.4, -0.2) is 30.1 Å². The molecule has 0 aliphatic heterocycles. The van der Waals surface area contributed by atoms with E-state index in [-0.39, 0.29) is 5.91 Å². The molecule has 0 bridgehead atoms. The van der Waals surface area contributed by atoms with Gasteiger partial charge in [0.15, 0.2) is 0 Å². The minimum atomic E-state index is -0.112. The zero-order valence-corrected chi connectivity index (χ0v) is 13.4. The highest BCUT2D eigenvalue weighted by molar-refractivity contribution is 9.10. The molecule has 4 nitrogen and oxygen atoms in total. The van der Waals surface area contributed by atoms with Crippen molar-refractivity contribution in [1.82, 2.24) is 10.3 Å². The van der Waals surface area contributed by atoms with Crippen LogP contribution in [0.5, 0.6) is 0 Å². The van der Waals surface area contributed by atoms with Crippen LogP contribution in [0.3, 0.4) is 0 Å². The molecule has 1 amide bonds. The first-order valence-corrected chi connectivity index (χ1v) is 7.96. The lowest BCUT2D eigenvalue weighted by molar-refractivity contribution is -0.00294. The number of aromatic nitrogens is 1. The third-order valence-corrected chi connectivity index (χ3v) is 4.15. The molecule has 0 aromatic carbocycles.